The highest BCUT2D eigenvalue weighted by Gasteiger charge is 2.38. The predicted octanol–water partition coefficient (Wildman–Crippen LogP) is 4.48. The van der Waals surface area contributed by atoms with Crippen molar-refractivity contribution >= 4 is 23.4 Å². The monoisotopic (exact) mass is 463 g/mol. The molecule has 0 spiro atoms. The first-order chi connectivity index (χ1) is 15.0. The topological polar surface area (TPSA) is 88.2 Å². The summed E-state index contributed by atoms with van der Waals surface area (Å²) in [6.07, 6.45) is -6.04. The molecule has 3 N–H and O–H groups in total. The number of nitrogens with zero attached hydrogens (tertiary/aromatic N) is 2. The molecule has 0 atom stereocenters. The third-order valence-electron chi connectivity index (χ3n) is 4.35. The summed E-state index contributed by atoms with van der Waals surface area (Å²) < 4.78 is 77.6. The number of ether oxygens (including phenoxy) is 1. The third kappa shape index (κ3) is 7.17. The standard InChI is InChI=1S/C19H19F6N5O2/c20-18(21,22)16(31)27-8-2-7-26-15-14(11-5-6-11)10-28-17(30-15)29-12-3-1-4-13(9-12)32-19(23,24)25/h1,3-4,9-11H,2,5-8H2,(H,27,31)(H2,26,28,29,30). The van der Waals surface area contributed by atoms with Crippen LogP contribution in [-0.4, -0.2) is 41.5 Å². The molecule has 2 aromatic rings. The average Bonchev–Trinajstić information content (AvgIpc) is 3.51. The summed E-state index contributed by atoms with van der Waals surface area (Å²) >= 11 is 0. The van der Waals surface area contributed by atoms with Crippen molar-refractivity contribution in [3.63, 3.8) is 0 Å². The maximum Gasteiger partial charge on any atom is 0.573 e. The van der Waals surface area contributed by atoms with Gasteiger partial charge in [0.2, 0.25) is 5.95 Å². The van der Waals surface area contributed by atoms with Gasteiger partial charge in [0.1, 0.15) is 11.6 Å². The molecule has 1 aromatic carbocycles. The predicted molar refractivity (Wildman–Crippen MR) is 103 cm³/mol. The first kappa shape index (κ1) is 23.4. The van der Waals surface area contributed by atoms with Gasteiger partial charge < -0.3 is 20.7 Å². The Morgan fingerprint density at radius 2 is 1.88 bits per heavy atom. The second-order valence-electron chi connectivity index (χ2n) is 7.01. The van der Waals surface area contributed by atoms with E-state index in [0.29, 0.717) is 5.82 Å². The number of aromatic nitrogens is 2. The van der Waals surface area contributed by atoms with Crippen LogP contribution in [0.15, 0.2) is 30.5 Å². The van der Waals surface area contributed by atoms with Crippen LogP contribution in [0.1, 0.15) is 30.7 Å². The number of alkyl halides is 6. The Balaban J connectivity index is 1.61. The Bertz CT molecular complexity index is 947. The van der Waals surface area contributed by atoms with Crippen LogP contribution in [0.4, 0.5) is 43.8 Å². The molecule has 0 aliphatic heterocycles. The summed E-state index contributed by atoms with van der Waals surface area (Å²) in [5.74, 6) is -1.56. The van der Waals surface area contributed by atoms with Gasteiger partial charge in [-0.15, -0.1) is 13.2 Å². The van der Waals surface area contributed by atoms with Crippen molar-refractivity contribution in [2.75, 3.05) is 23.7 Å². The second-order valence-corrected chi connectivity index (χ2v) is 7.01. The van der Waals surface area contributed by atoms with Crippen LogP contribution in [0.2, 0.25) is 0 Å². The minimum atomic E-state index is -4.93. The van der Waals surface area contributed by atoms with Gasteiger partial charge in [0, 0.05) is 36.6 Å². The molecular formula is C19H19F6N5O2. The van der Waals surface area contributed by atoms with Crippen molar-refractivity contribution in [1.82, 2.24) is 15.3 Å². The summed E-state index contributed by atoms with van der Waals surface area (Å²) in [4.78, 5) is 19.3. The Hall–Kier alpha value is -3.25. The van der Waals surface area contributed by atoms with Crippen molar-refractivity contribution < 1.29 is 35.9 Å². The maximum atomic E-state index is 12.4. The Morgan fingerprint density at radius 1 is 1.12 bits per heavy atom. The number of nitrogens with one attached hydrogen (secondary N) is 3. The van der Waals surface area contributed by atoms with E-state index < -0.39 is 24.2 Å². The van der Waals surface area contributed by atoms with E-state index >= 15 is 0 Å². The molecule has 1 aromatic heterocycles. The largest absolute Gasteiger partial charge is 0.573 e. The number of benzene rings is 1. The van der Waals surface area contributed by atoms with Crippen LogP contribution >= 0.6 is 0 Å². The number of hydrogen-bond acceptors (Lipinski definition) is 6. The Morgan fingerprint density at radius 3 is 2.53 bits per heavy atom. The van der Waals surface area contributed by atoms with Gasteiger partial charge in [0.25, 0.3) is 0 Å². The van der Waals surface area contributed by atoms with Crippen molar-refractivity contribution in [3.05, 3.63) is 36.0 Å². The summed E-state index contributed by atoms with van der Waals surface area (Å²) in [6.45, 7) is 0.0650. The van der Waals surface area contributed by atoms with Gasteiger partial charge in [-0.1, -0.05) is 6.07 Å². The van der Waals surface area contributed by atoms with Gasteiger partial charge in [0.05, 0.1) is 0 Å². The molecule has 32 heavy (non-hydrogen) atoms. The van der Waals surface area contributed by atoms with E-state index in [-0.39, 0.29) is 37.1 Å². The van der Waals surface area contributed by atoms with E-state index in [1.807, 2.05) is 0 Å². The normalized spacial score (nSPS) is 14.1. The minimum Gasteiger partial charge on any atom is -0.406 e. The third-order valence-corrected chi connectivity index (χ3v) is 4.35. The summed E-state index contributed by atoms with van der Waals surface area (Å²) in [5.41, 5.74) is 1.11. The Kier molecular flexibility index (Phi) is 6.94. The van der Waals surface area contributed by atoms with Crippen molar-refractivity contribution in [2.24, 2.45) is 0 Å². The van der Waals surface area contributed by atoms with Gasteiger partial charge in [-0.2, -0.15) is 18.2 Å². The molecule has 1 saturated carbocycles. The number of carbonyl (C=O) groups is 1. The molecule has 7 nitrogen and oxygen atoms in total. The zero-order valence-corrected chi connectivity index (χ0v) is 16.5. The number of carbonyl (C=O) groups excluding carboxylic acids is 1. The number of anilines is 3. The average molecular weight is 463 g/mol. The van der Waals surface area contributed by atoms with Gasteiger partial charge in [-0.05, 0) is 37.3 Å². The van der Waals surface area contributed by atoms with E-state index in [1.165, 1.54) is 12.1 Å². The van der Waals surface area contributed by atoms with E-state index in [1.54, 1.807) is 11.5 Å². The molecule has 13 heteroatoms. The molecule has 1 amide bonds. The zero-order valence-electron chi connectivity index (χ0n) is 16.5. The lowest BCUT2D eigenvalue weighted by molar-refractivity contribution is -0.274. The fraction of sp³-hybridized carbons (Fsp3) is 0.421. The quantitative estimate of drug-likeness (QED) is 0.376. The van der Waals surface area contributed by atoms with Crippen LogP contribution in [0.25, 0.3) is 0 Å². The first-order valence-corrected chi connectivity index (χ1v) is 9.60. The fourth-order valence-corrected chi connectivity index (χ4v) is 2.78. The van der Waals surface area contributed by atoms with Crippen molar-refractivity contribution in [1.29, 1.82) is 0 Å². The number of halogens is 6. The summed E-state index contributed by atoms with van der Waals surface area (Å²) in [6, 6.07) is 5.18. The van der Waals surface area contributed by atoms with E-state index in [4.69, 9.17) is 0 Å². The lowest BCUT2D eigenvalue weighted by atomic mass is 10.2. The molecular weight excluding hydrogens is 444 g/mol. The van der Waals surface area contributed by atoms with Crippen LogP contribution < -0.4 is 20.7 Å². The molecule has 1 heterocycles. The molecule has 3 rings (SSSR count). The molecule has 0 bridgehead atoms. The van der Waals surface area contributed by atoms with E-state index in [9.17, 15) is 31.1 Å². The van der Waals surface area contributed by atoms with Crippen LogP contribution in [-0.2, 0) is 4.79 Å². The lowest BCUT2D eigenvalue weighted by Gasteiger charge is -2.14. The summed E-state index contributed by atoms with van der Waals surface area (Å²) in [7, 11) is 0. The van der Waals surface area contributed by atoms with Gasteiger partial charge >= 0.3 is 18.4 Å². The SMILES string of the molecule is O=C(NCCCNc1nc(Nc2cccc(OC(F)(F)F)c2)ncc1C1CC1)C(F)(F)F. The van der Waals surface area contributed by atoms with Crippen LogP contribution in [0, 0.1) is 0 Å². The smallest absolute Gasteiger partial charge is 0.406 e. The molecule has 1 aliphatic carbocycles. The second kappa shape index (κ2) is 9.49. The van der Waals surface area contributed by atoms with Crippen LogP contribution in [0.3, 0.4) is 0 Å². The maximum absolute atomic E-state index is 12.4. The molecule has 1 fully saturated rings. The molecule has 174 valence electrons. The highest BCUT2D eigenvalue weighted by molar-refractivity contribution is 5.81. The number of hydrogen-bond donors (Lipinski definition) is 3. The number of amides is 1. The lowest BCUT2D eigenvalue weighted by Crippen LogP contribution is -2.37. The van der Waals surface area contributed by atoms with E-state index in [2.05, 4.69) is 25.3 Å². The number of rotatable bonds is 9. The van der Waals surface area contributed by atoms with Gasteiger partial charge in [-0.25, -0.2) is 4.98 Å². The molecule has 0 saturated heterocycles. The highest BCUT2D eigenvalue weighted by atomic mass is 19.4. The summed E-state index contributed by atoms with van der Waals surface area (Å²) in [5, 5.41) is 7.60. The molecule has 1 aliphatic rings. The van der Waals surface area contributed by atoms with Gasteiger partial charge in [-0.3, -0.25) is 4.79 Å². The Labute approximate surface area is 178 Å². The van der Waals surface area contributed by atoms with Crippen molar-refractivity contribution in [3.8, 4) is 5.75 Å². The van der Waals surface area contributed by atoms with Crippen LogP contribution in [0.5, 0.6) is 5.75 Å². The first-order valence-electron chi connectivity index (χ1n) is 9.60. The zero-order chi connectivity index (χ0) is 23.4. The molecule has 0 unspecified atom stereocenters. The van der Waals surface area contributed by atoms with Crippen molar-refractivity contribution in [2.45, 2.75) is 37.7 Å². The van der Waals surface area contributed by atoms with E-state index in [0.717, 1.165) is 30.5 Å². The highest BCUT2D eigenvalue weighted by Crippen LogP contribution is 2.42. The molecule has 0 radical (unpaired) electrons. The minimum absolute atomic E-state index is 0.117. The fourth-order valence-electron chi connectivity index (χ4n) is 2.78. The van der Waals surface area contributed by atoms with Gasteiger partial charge in [0.15, 0.2) is 0 Å².